The van der Waals surface area contributed by atoms with E-state index in [-0.39, 0.29) is 39.0 Å². The van der Waals surface area contributed by atoms with Gasteiger partial charge in [0.1, 0.15) is 46.1 Å². The van der Waals surface area contributed by atoms with Gasteiger partial charge in [-0.2, -0.15) is 0 Å². The van der Waals surface area contributed by atoms with Gasteiger partial charge in [-0.3, -0.25) is 9.12 Å². The van der Waals surface area contributed by atoms with Crippen LogP contribution in [-0.2, 0) is 10.0 Å². The highest BCUT2D eigenvalue weighted by Crippen LogP contribution is 2.38. The number of allylic oxidation sites excluding steroid dienone is 1. The van der Waals surface area contributed by atoms with Gasteiger partial charge in [-0.1, -0.05) is 43.7 Å². The number of halogens is 4. The van der Waals surface area contributed by atoms with E-state index < -0.39 is 34.0 Å². The summed E-state index contributed by atoms with van der Waals surface area (Å²) in [5.74, 6) is -1.39. The average Bonchev–Trinajstić information content (AvgIpc) is 3.36. The van der Waals surface area contributed by atoms with Gasteiger partial charge in [-0.25, -0.2) is 31.6 Å². The number of hydrogen-bond donors (Lipinski definition) is 3. The number of alkyl halides is 1. The molecule has 2 aromatic heterocycles. The summed E-state index contributed by atoms with van der Waals surface area (Å²) in [5.41, 5.74) is 7.65. The van der Waals surface area contributed by atoms with E-state index in [1.165, 1.54) is 18.2 Å². The maximum absolute atomic E-state index is 15.7. The second kappa shape index (κ2) is 11.9. The average molecular weight is 619 g/mol. The van der Waals surface area contributed by atoms with E-state index in [0.29, 0.717) is 30.7 Å². The molecule has 4 N–H and O–H groups in total. The van der Waals surface area contributed by atoms with E-state index in [2.05, 4.69) is 21.1 Å². The molecule has 0 radical (unpaired) electrons. The molecular weight excluding hydrogens is 589 g/mol. The quantitative estimate of drug-likeness (QED) is 0.202. The number of nitrogens with one attached hydrogen (secondary N) is 2. The number of benzene rings is 2. The summed E-state index contributed by atoms with van der Waals surface area (Å²) >= 11 is 6.01. The molecule has 0 saturated heterocycles. The van der Waals surface area contributed by atoms with Crippen LogP contribution in [-0.4, -0.2) is 42.0 Å². The first-order chi connectivity index (χ1) is 20.0. The number of sulfonamides is 1. The molecule has 13 heteroatoms. The fourth-order valence-electron chi connectivity index (χ4n) is 5.15. The molecule has 2 heterocycles. The zero-order valence-electron chi connectivity index (χ0n) is 23.0. The highest BCUT2D eigenvalue weighted by Gasteiger charge is 2.27. The number of aromatic nitrogens is 3. The Morgan fingerprint density at radius 1 is 1.19 bits per heavy atom. The van der Waals surface area contributed by atoms with Crippen molar-refractivity contribution in [3.63, 3.8) is 0 Å². The lowest BCUT2D eigenvalue weighted by Gasteiger charge is -2.24. The van der Waals surface area contributed by atoms with Crippen molar-refractivity contribution in [1.29, 1.82) is 0 Å². The number of hydrogen-bond acceptors (Lipinski definition) is 6. The van der Waals surface area contributed by atoms with Crippen LogP contribution in [0, 0.1) is 11.6 Å². The number of rotatable bonds is 9. The van der Waals surface area contributed by atoms with Gasteiger partial charge in [0.05, 0.1) is 22.6 Å². The van der Waals surface area contributed by atoms with E-state index in [1.807, 2.05) is 18.2 Å². The first kappa shape index (κ1) is 29.9. The monoisotopic (exact) mass is 618 g/mol. The minimum Gasteiger partial charge on any atom is -0.382 e. The van der Waals surface area contributed by atoms with Crippen molar-refractivity contribution in [3.8, 4) is 11.3 Å². The number of nitrogens with two attached hydrogens (primary N) is 1. The lowest BCUT2D eigenvalue weighted by Crippen LogP contribution is -2.32. The molecule has 0 amide bonds. The Morgan fingerprint density at radius 2 is 1.95 bits per heavy atom. The number of imidazole rings is 1. The number of nitrogens with zero attached hydrogens (tertiary/aromatic N) is 3. The summed E-state index contributed by atoms with van der Waals surface area (Å²) in [6, 6.07) is 7.47. The second-order valence-corrected chi connectivity index (χ2v) is 12.4. The lowest BCUT2D eigenvalue weighted by molar-refractivity contribution is 0.415. The Kier molecular flexibility index (Phi) is 8.49. The van der Waals surface area contributed by atoms with Gasteiger partial charge in [0.15, 0.2) is 0 Å². The van der Waals surface area contributed by atoms with Gasteiger partial charge in [0.2, 0.25) is 0 Å². The number of anilines is 2. The molecule has 0 aliphatic heterocycles. The van der Waals surface area contributed by atoms with Crippen molar-refractivity contribution >= 4 is 44.2 Å². The molecule has 222 valence electrons. The van der Waals surface area contributed by atoms with Gasteiger partial charge < -0.3 is 11.1 Å². The Labute approximate surface area is 246 Å². The summed E-state index contributed by atoms with van der Waals surface area (Å²) in [5, 5.41) is 3.12. The van der Waals surface area contributed by atoms with Gasteiger partial charge in [0, 0.05) is 30.1 Å². The zero-order chi connectivity index (χ0) is 30.2. The second-order valence-electron chi connectivity index (χ2n) is 10.4. The Bertz CT molecular complexity index is 1790. The molecule has 2 aromatic carbocycles. The van der Waals surface area contributed by atoms with Gasteiger partial charge in [-0.05, 0) is 43.0 Å². The predicted molar refractivity (Wildman–Crippen MR) is 159 cm³/mol. The smallest absolute Gasteiger partial charge is 0.263 e. The van der Waals surface area contributed by atoms with Crippen LogP contribution in [0.2, 0.25) is 5.02 Å². The van der Waals surface area contributed by atoms with Crippen LogP contribution in [0.5, 0.6) is 0 Å². The van der Waals surface area contributed by atoms with Crippen LogP contribution in [0.4, 0.5) is 24.7 Å². The molecule has 4 aromatic rings. The van der Waals surface area contributed by atoms with Crippen LogP contribution >= 0.6 is 11.6 Å². The number of fused-ring (bicyclic) bond motifs is 1. The molecule has 1 atom stereocenters. The van der Waals surface area contributed by atoms with Gasteiger partial charge in [-0.15, -0.1) is 0 Å². The fourth-order valence-corrected chi connectivity index (χ4v) is 6.73. The normalized spacial score (nSPS) is 15.8. The van der Waals surface area contributed by atoms with E-state index in [0.717, 1.165) is 29.8 Å². The highest BCUT2D eigenvalue weighted by molar-refractivity contribution is 7.92. The van der Waals surface area contributed by atoms with Crippen LogP contribution in [0.1, 0.15) is 50.5 Å². The summed E-state index contributed by atoms with van der Waals surface area (Å²) in [7, 11) is -4.30. The van der Waals surface area contributed by atoms with E-state index in [4.69, 9.17) is 22.3 Å². The standard InChI is InChI=1S/C29H30ClF3N6O2S/c1-16(2)29-37-26(27-28(34)36-15-24(39(27)29)17-7-9-18(10-8-17)35-12-11-31)19-13-22(33)23(14-21(19)32)38-42(40,41)25-6-4-3-5-20(25)30/h3-7,13-16,18,35,38H,8-12H2,1-2H3,(H2,34,36). The van der Waals surface area contributed by atoms with Gasteiger partial charge in [0.25, 0.3) is 10.0 Å². The highest BCUT2D eigenvalue weighted by atomic mass is 35.5. The first-order valence-electron chi connectivity index (χ1n) is 13.4. The molecule has 1 unspecified atom stereocenters. The van der Waals surface area contributed by atoms with Gasteiger partial charge >= 0.3 is 0 Å². The molecule has 0 saturated carbocycles. The van der Waals surface area contributed by atoms with Crippen molar-refractivity contribution < 1.29 is 21.6 Å². The van der Waals surface area contributed by atoms with Crippen LogP contribution in [0.15, 0.2) is 53.6 Å². The van der Waals surface area contributed by atoms with Crippen molar-refractivity contribution in [2.45, 2.75) is 50.0 Å². The van der Waals surface area contributed by atoms with E-state index in [9.17, 15) is 12.8 Å². The predicted octanol–water partition coefficient (Wildman–Crippen LogP) is 6.33. The summed E-state index contributed by atoms with van der Waals surface area (Å²) < 4.78 is 73.2. The third-order valence-corrected chi connectivity index (χ3v) is 9.04. The molecule has 0 fully saturated rings. The fraction of sp³-hybridized carbons (Fsp3) is 0.310. The summed E-state index contributed by atoms with van der Waals surface area (Å²) in [4.78, 5) is 8.78. The minimum atomic E-state index is -4.30. The minimum absolute atomic E-state index is 0.0633. The third kappa shape index (κ3) is 5.70. The third-order valence-electron chi connectivity index (χ3n) is 7.18. The molecule has 42 heavy (non-hydrogen) atoms. The van der Waals surface area contributed by atoms with Crippen molar-refractivity contribution in [1.82, 2.24) is 19.7 Å². The summed E-state index contributed by atoms with van der Waals surface area (Å²) in [6.45, 7) is 3.71. The van der Waals surface area contributed by atoms with Crippen LogP contribution in [0.25, 0.3) is 22.3 Å². The Hall–Kier alpha value is -3.61. The van der Waals surface area contributed by atoms with Crippen molar-refractivity contribution in [2.75, 3.05) is 23.7 Å². The Morgan fingerprint density at radius 3 is 2.62 bits per heavy atom. The van der Waals surface area contributed by atoms with Crippen LogP contribution in [0.3, 0.4) is 0 Å². The van der Waals surface area contributed by atoms with Crippen molar-refractivity contribution in [2.24, 2.45) is 0 Å². The van der Waals surface area contributed by atoms with E-state index >= 15 is 8.78 Å². The molecule has 0 spiro atoms. The molecule has 8 nitrogen and oxygen atoms in total. The van der Waals surface area contributed by atoms with Crippen molar-refractivity contribution in [3.05, 3.63) is 76.8 Å². The largest absolute Gasteiger partial charge is 0.382 e. The topological polar surface area (TPSA) is 114 Å². The molecule has 1 aliphatic rings. The molecule has 5 rings (SSSR count). The SMILES string of the molecule is CC(C)c1nc(-c2cc(F)c(NS(=O)(=O)c3ccccc3Cl)cc2F)c2c(N)ncc(C3=CCC(NCCF)CC3)n12. The lowest BCUT2D eigenvalue weighted by atomic mass is 9.93. The van der Waals surface area contributed by atoms with E-state index in [1.54, 1.807) is 12.3 Å². The number of nitrogen functional groups attached to an aromatic ring is 1. The zero-order valence-corrected chi connectivity index (χ0v) is 24.5. The molecular formula is C29H30ClF3N6O2S. The van der Waals surface area contributed by atoms with Crippen LogP contribution < -0.4 is 15.8 Å². The summed E-state index contributed by atoms with van der Waals surface area (Å²) in [6.07, 6.45) is 5.89. The molecule has 0 bridgehead atoms. The molecule has 1 aliphatic carbocycles. The Balaban J connectivity index is 1.58. The first-order valence-corrected chi connectivity index (χ1v) is 15.3. The maximum atomic E-state index is 15.7. The maximum Gasteiger partial charge on any atom is 0.263 e.